The van der Waals surface area contributed by atoms with Crippen LogP contribution in [0.4, 0.5) is 5.69 Å². The van der Waals surface area contributed by atoms with Gasteiger partial charge in [-0.3, -0.25) is 29.2 Å². The third-order valence-corrected chi connectivity index (χ3v) is 22.8. The first-order chi connectivity index (χ1) is 54.3. The molecule has 6 heterocycles. The van der Waals surface area contributed by atoms with E-state index in [9.17, 15) is 80.5 Å². The summed E-state index contributed by atoms with van der Waals surface area (Å²) in [5.74, 6) is -7.29. The molecule has 26 N–H and O–H groups in total. The van der Waals surface area contributed by atoms with Crippen molar-refractivity contribution in [3.05, 3.63) is 58.0 Å². The number of ketones is 1. The molecular formula is C78H129N11O26. The zero-order valence-corrected chi connectivity index (χ0v) is 68.1. The molecule has 9 rings (SSSR count). The Balaban J connectivity index is 0.000000289. The SMILES string of the molecule is CCC(CO)NCCNC(CC)CO.CO[C@H]1/C=C\O[C@@]2(C)Oc3c(C)c(O)c4c(O)c(c5c(c4c3C2=O)=NC2(CCN(CC(C)C)CC2)N=5)NC(=O)/C(C)=C/C=C\[C@H](C)[C@H](O)[C@@H](C)[C@@H](O)[C@@H](C)[C@@H](OC(C)=O)[C@H]1C.NCC[C@H](O)C(=O)N[C@@H]1C[C@H](N)[C@@H](O[C@H]2O[C@H](CN)[C@@H](O)[C@H](O)[C@H]2O)[C@H](O)[C@H]1O[C@H]1O[C@H](CO)[C@@H](O)[C@H](N)[C@H]1O. The van der Waals surface area contributed by atoms with Crippen LogP contribution in [0.2, 0.25) is 0 Å². The van der Waals surface area contributed by atoms with Crippen molar-refractivity contribution >= 4 is 40.0 Å². The summed E-state index contributed by atoms with van der Waals surface area (Å²) in [5, 5.41) is 159. The lowest BCUT2D eigenvalue weighted by Gasteiger charge is -2.49. The van der Waals surface area contributed by atoms with Crippen LogP contribution in [-0.2, 0) is 47.5 Å². The molecular weight excluding hydrogens is 1510 g/mol. The number of fused-ring (bicyclic) bond motifs is 1. The maximum atomic E-state index is 14.7. The van der Waals surface area contributed by atoms with Gasteiger partial charge in [-0.05, 0) is 58.1 Å². The van der Waals surface area contributed by atoms with Gasteiger partial charge in [0.25, 0.3) is 11.7 Å². The molecule has 37 heteroatoms. The highest BCUT2D eigenvalue weighted by Gasteiger charge is 2.55. The maximum absolute atomic E-state index is 14.7. The van der Waals surface area contributed by atoms with Gasteiger partial charge in [-0.1, -0.05) is 73.6 Å². The molecule has 1 spiro atoms. The number of ether oxygens (including phenoxy) is 8. The molecule has 4 bridgehead atoms. The standard InChI is InChI=1S/C46H62N4O11.C22H43N5O13.C10H24N2O2/c1-22(2)21-50-18-16-46(17-19-50)48-34-31-32-39(54)28(8)42-33(31)43(56)45(10,61-42)59-20-15-30(58-11)25(5)41(60-29(9)51)27(7)38(53)26(6)37(52)23(3)13-12-14-24(4)44(57)47-36(40(32)55)35(34)49-46;23-2-1-8(29)20(36)27-7-3-6(25)18(39-22-16(34)15(33)13(31)9(4-24)37-22)17(35)19(7)40-21-14(32)11(26)12(30)10(5-28)38-21;1-3-9(7-13)11-5-6-12-10(4-2)8-14/h12-15,20,22-23,25-27,30,37-38,41,52-55H,16-19,21H2,1-11H3,(H,47,57);6-19,21-22,28-35H,1-5,23-26H2,(H,27,36);9-14H,3-8H2,1-2H3/b13-12-,20-15-,24-14+;;/t23-,25-,26+,27+,30-,37-,38+,41-,45-;6-,7+,8-,9+,10+,11-,12+,13+,14+,15-,16+,17-,18+,19-,21+,22+;/m00./s1. The van der Waals surface area contributed by atoms with E-state index in [1.807, 2.05) is 13.8 Å². The fourth-order valence-electron chi connectivity index (χ4n) is 15.5. The van der Waals surface area contributed by atoms with Crippen LogP contribution < -0.4 is 59.7 Å². The molecule has 2 aromatic carbocycles. The molecule has 1 aliphatic carbocycles. The average molecular weight is 1640 g/mol. The molecule has 27 atom stereocenters. The topological polar surface area (TPSA) is 606 Å². The molecule has 37 nitrogen and oxygen atoms in total. The summed E-state index contributed by atoms with van der Waals surface area (Å²) in [6, 6.07) is -3.05. The van der Waals surface area contributed by atoms with Crippen molar-refractivity contribution in [2.45, 2.75) is 267 Å². The number of rotatable bonds is 23. The zero-order valence-electron chi connectivity index (χ0n) is 68.1. The number of carbonyl (C=O) groups excluding carboxylic acids is 4. The lowest BCUT2D eigenvalue weighted by atomic mass is 9.78. The van der Waals surface area contributed by atoms with Gasteiger partial charge in [0.1, 0.15) is 95.8 Å². The van der Waals surface area contributed by atoms with Crippen LogP contribution >= 0.6 is 0 Å². The average Bonchev–Trinajstić information content (AvgIpc) is 1.52. The molecule has 652 valence electrons. The van der Waals surface area contributed by atoms with E-state index in [4.69, 9.17) is 81.0 Å². The van der Waals surface area contributed by atoms with Gasteiger partial charge in [0, 0.05) is 131 Å². The number of likely N-dealkylation sites (tertiary alicyclic amines) is 1. The van der Waals surface area contributed by atoms with Crippen molar-refractivity contribution in [1.82, 2.24) is 20.9 Å². The van der Waals surface area contributed by atoms with Crippen LogP contribution in [0.15, 0.2) is 46.1 Å². The number of aliphatic hydroxyl groups excluding tert-OH is 12. The largest absolute Gasteiger partial charge is 0.507 e. The third kappa shape index (κ3) is 22.5. The number of amides is 2. The van der Waals surface area contributed by atoms with Crippen molar-refractivity contribution < 1.29 is 129 Å². The van der Waals surface area contributed by atoms with E-state index in [2.05, 4.69) is 40.0 Å². The van der Waals surface area contributed by atoms with Crippen LogP contribution in [0, 0.1) is 36.5 Å². The fourth-order valence-corrected chi connectivity index (χ4v) is 15.5. The summed E-state index contributed by atoms with van der Waals surface area (Å²) in [6.07, 6.45) is -12.9. The number of methoxy groups -OCH3 is 1. The Morgan fingerprint density at radius 1 is 0.748 bits per heavy atom. The molecule has 2 amide bonds. The second kappa shape index (κ2) is 42.7. The number of hydrogen-bond donors (Lipinski definition) is 22. The lowest BCUT2D eigenvalue weighted by Crippen LogP contribution is -2.69. The van der Waals surface area contributed by atoms with Gasteiger partial charge in [-0.2, -0.15) is 0 Å². The molecule has 6 aliphatic heterocycles. The molecule has 0 radical (unpaired) electrons. The number of benzene rings is 2. The normalized spacial score (nSPS) is 35.6. The molecule has 7 aliphatic rings. The molecule has 1 saturated carbocycles. The molecule has 3 saturated heterocycles. The highest BCUT2D eigenvalue weighted by Crippen LogP contribution is 2.50. The van der Waals surface area contributed by atoms with Crippen LogP contribution in [0.1, 0.15) is 131 Å². The van der Waals surface area contributed by atoms with E-state index in [-0.39, 0.29) is 107 Å². The Bertz CT molecular complexity index is 3760. The number of phenols is 2. The van der Waals surface area contributed by atoms with Crippen molar-refractivity contribution in [3.8, 4) is 17.2 Å². The second-order valence-corrected chi connectivity index (χ2v) is 31.8. The number of piperidine rings is 1. The zero-order chi connectivity index (χ0) is 85.6. The number of phenolic OH excluding ortho intramolecular Hbond substituents is 2. The van der Waals surface area contributed by atoms with Crippen molar-refractivity contribution in [3.63, 3.8) is 0 Å². The minimum atomic E-state index is -1.96. The quantitative estimate of drug-likeness (QED) is 0.0287. The smallest absolute Gasteiger partial charge is 0.312 e. The highest BCUT2D eigenvalue weighted by molar-refractivity contribution is 6.19. The van der Waals surface area contributed by atoms with Gasteiger partial charge in [-0.15, -0.1) is 0 Å². The number of carbonyl (C=O) groups is 4. The first kappa shape index (κ1) is 96.0. The number of nitrogens with two attached hydrogens (primary N) is 4. The molecule has 2 aromatic rings. The summed E-state index contributed by atoms with van der Waals surface area (Å²) >= 11 is 0. The molecule has 0 aromatic heterocycles. The van der Waals surface area contributed by atoms with E-state index in [1.165, 1.54) is 27.2 Å². The van der Waals surface area contributed by atoms with Gasteiger partial charge < -0.3 is 158 Å². The highest BCUT2D eigenvalue weighted by atomic mass is 16.7. The number of anilines is 1. The number of esters is 1. The van der Waals surface area contributed by atoms with Crippen LogP contribution in [-0.4, -0.2) is 319 Å². The maximum Gasteiger partial charge on any atom is 0.312 e. The number of aliphatic hydroxyl groups is 12. The van der Waals surface area contributed by atoms with E-state index < -0.39 is 193 Å². The van der Waals surface area contributed by atoms with Crippen LogP contribution in [0.5, 0.6) is 17.2 Å². The van der Waals surface area contributed by atoms with E-state index in [1.54, 1.807) is 65.8 Å². The molecule has 4 fully saturated rings. The summed E-state index contributed by atoms with van der Waals surface area (Å²) in [4.78, 5) is 66.2. The fraction of sp³-hybridized carbons (Fsp3) is 0.744. The molecule has 115 heavy (non-hydrogen) atoms. The van der Waals surface area contributed by atoms with Gasteiger partial charge in [-0.25, -0.2) is 0 Å². The van der Waals surface area contributed by atoms with Crippen molar-refractivity contribution in [1.29, 1.82) is 0 Å². The monoisotopic (exact) mass is 1640 g/mol. The predicted molar refractivity (Wildman–Crippen MR) is 417 cm³/mol. The van der Waals surface area contributed by atoms with Crippen molar-refractivity contribution in [2.75, 3.05) is 78.1 Å². The summed E-state index contributed by atoms with van der Waals surface area (Å²) in [6.45, 7) is 24.7. The van der Waals surface area contributed by atoms with E-state index >= 15 is 0 Å². The Labute approximate surface area is 670 Å². The Morgan fingerprint density at radius 2 is 1.35 bits per heavy atom. The lowest BCUT2D eigenvalue weighted by molar-refractivity contribution is -0.332. The number of Topliss-reactive ketones (excluding diaryl/α,β-unsaturated/α-hetero) is 1. The van der Waals surface area contributed by atoms with Crippen LogP contribution in [0.3, 0.4) is 0 Å². The minimum Gasteiger partial charge on any atom is -0.507 e. The predicted octanol–water partition coefficient (Wildman–Crippen LogP) is -3.97. The third-order valence-electron chi connectivity index (χ3n) is 22.8. The summed E-state index contributed by atoms with van der Waals surface area (Å²) in [5.41, 5.74) is 22.5. The Morgan fingerprint density at radius 3 is 1.91 bits per heavy atom. The Kier molecular flexibility index (Phi) is 35.6. The second-order valence-electron chi connectivity index (χ2n) is 31.8. The number of nitrogens with zero attached hydrogens (tertiary/aromatic N) is 3. The molecule has 2 unspecified atom stereocenters. The van der Waals surface area contributed by atoms with Gasteiger partial charge in [0.2, 0.25) is 5.91 Å². The summed E-state index contributed by atoms with van der Waals surface area (Å²) in [7, 11) is 1.47. The number of aromatic hydroxyl groups is 2. The van der Waals surface area contributed by atoms with Gasteiger partial charge in [0.15, 0.2) is 24.0 Å². The summed E-state index contributed by atoms with van der Waals surface area (Å²) < 4.78 is 46.5. The van der Waals surface area contributed by atoms with E-state index in [0.29, 0.717) is 31.8 Å². The number of nitrogens with one attached hydrogen (secondary N) is 4. The van der Waals surface area contributed by atoms with Crippen molar-refractivity contribution in [2.24, 2.45) is 62.5 Å². The van der Waals surface area contributed by atoms with Gasteiger partial charge in [0.05, 0.1) is 72.8 Å². The van der Waals surface area contributed by atoms with Crippen LogP contribution in [0.25, 0.3) is 10.8 Å². The minimum absolute atomic E-state index is 0.0101. The van der Waals surface area contributed by atoms with Gasteiger partial charge >= 0.3 is 11.8 Å². The van der Waals surface area contributed by atoms with E-state index in [0.717, 1.165) is 32.5 Å². The Hall–Kier alpha value is -6.16. The first-order valence-electron chi connectivity index (χ1n) is 39.7. The number of allylic oxidation sites excluding steroid dienone is 2. The first-order valence-corrected chi connectivity index (χ1v) is 39.7. The number of hydrogen-bond acceptors (Lipinski definition) is 35.